The molecule has 5 heteroatoms. The van der Waals surface area contributed by atoms with Crippen molar-refractivity contribution in [2.24, 2.45) is 0 Å². The van der Waals surface area contributed by atoms with Crippen LogP contribution in [0.2, 0.25) is 0 Å². The molecule has 0 N–H and O–H groups in total. The average molecular weight is 382 g/mol. The lowest BCUT2D eigenvalue weighted by Crippen LogP contribution is -2.23. The maximum absolute atomic E-state index is 5.51. The number of thiophene rings is 1. The highest BCUT2D eigenvalue weighted by atomic mass is 32.1. The van der Waals surface area contributed by atoms with Crippen LogP contribution in [0.5, 0.6) is 0 Å². The largest absolute Gasteiger partial charge is 0.333 e. The molecule has 0 bridgehead atoms. The minimum atomic E-state index is 0.664. The van der Waals surface area contributed by atoms with E-state index in [-0.39, 0.29) is 0 Å². The lowest BCUT2D eigenvalue weighted by Gasteiger charge is -2.18. The summed E-state index contributed by atoms with van der Waals surface area (Å²) in [5.74, 6) is 1.47. The third kappa shape index (κ3) is 5.27. The maximum atomic E-state index is 5.51. The first-order valence-corrected chi connectivity index (χ1v) is 10.9. The Morgan fingerprint density at radius 2 is 1.74 bits per heavy atom. The zero-order chi connectivity index (χ0) is 18.3. The Morgan fingerprint density at radius 3 is 2.56 bits per heavy atom. The van der Waals surface area contributed by atoms with Gasteiger partial charge in [0.05, 0.1) is 4.88 Å². The van der Waals surface area contributed by atoms with E-state index < -0.39 is 0 Å². The topological polar surface area (TPSA) is 42.2 Å². The van der Waals surface area contributed by atoms with Crippen LogP contribution in [0.15, 0.2) is 47.0 Å². The van der Waals surface area contributed by atoms with Gasteiger partial charge in [-0.25, -0.2) is 0 Å². The molecule has 0 amide bonds. The molecule has 1 aromatic carbocycles. The van der Waals surface area contributed by atoms with Gasteiger partial charge in [0.1, 0.15) is 0 Å². The van der Waals surface area contributed by atoms with E-state index in [1.54, 1.807) is 11.3 Å². The van der Waals surface area contributed by atoms with Gasteiger partial charge >= 0.3 is 0 Å². The predicted molar refractivity (Wildman–Crippen MR) is 110 cm³/mol. The Balaban J connectivity index is 1.31. The van der Waals surface area contributed by atoms with E-state index >= 15 is 0 Å². The fourth-order valence-electron chi connectivity index (χ4n) is 3.64. The standard InChI is InChI=1S/C22H27N3OS/c1-2-7-16-25(15-6-1)17-19-13-14-20(27-19)22-23-21(24-26-22)12-8-11-18-9-4-3-5-10-18/h3-5,9-10,13-14H,1-2,6-8,11-12,15-17H2. The first-order valence-electron chi connectivity index (χ1n) is 10.0. The first-order chi connectivity index (χ1) is 13.4. The van der Waals surface area contributed by atoms with Crippen molar-refractivity contribution in [1.82, 2.24) is 15.0 Å². The van der Waals surface area contributed by atoms with Gasteiger partial charge in [-0.1, -0.05) is 48.3 Å². The summed E-state index contributed by atoms with van der Waals surface area (Å²) in [6.07, 6.45) is 8.34. The van der Waals surface area contributed by atoms with Crippen molar-refractivity contribution in [3.05, 3.63) is 58.7 Å². The summed E-state index contributed by atoms with van der Waals surface area (Å²) < 4.78 is 5.51. The molecular formula is C22H27N3OS. The van der Waals surface area contributed by atoms with E-state index in [0.717, 1.165) is 36.5 Å². The van der Waals surface area contributed by atoms with Gasteiger partial charge in [0.15, 0.2) is 5.82 Å². The number of nitrogens with zero attached hydrogens (tertiary/aromatic N) is 3. The van der Waals surface area contributed by atoms with E-state index in [1.807, 2.05) is 0 Å². The van der Waals surface area contributed by atoms with Gasteiger partial charge in [-0.2, -0.15) is 4.98 Å². The summed E-state index contributed by atoms with van der Waals surface area (Å²) >= 11 is 1.78. The van der Waals surface area contributed by atoms with Gasteiger partial charge in [0.2, 0.25) is 0 Å². The minimum Gasteiger partial charge on any atom is -0.333 e. The van der Waals surface area contributed by atoms with Crippen LogP contribution in [-0.4, -0.2) is 28.1 Å². The van der Waals surface area contributed by atoms with Crippen molar-refractivity contribution in [1.29, 1.82) is 0 Å². The predicted octanol–water partition coefficient (Wildman–Crippen LogP) is 5.35. The highest BCUT2D eigenvalue weighted by Crippen LogP contribution is 2.28. The Morgan fingerprint density at radius 1 is 0.926 bits per heavy atom. The molecule has 0 spiro atoms. The smallest absolute Gasteiger partial charge is 0.267 e. The highest BCUT2D eigenvalue weighted by molar-refractivity contribution is 7.15. The van der Waals surface area contributed by atoms with Crippen LogP contribution in [0, 0.1) is 0 Å². The number of aryl methyl sites for hydroxylation is 2. The van der Waals surface area contributed by atoms with E-state index in [1.165, 1.54) is 49.2 Å². The van der Waals surface area contributed by atoms with Crippen LogP contribution in [0.3, 0.4) is 0 Å². The van der Waals surface area contributed by atoms with Crippen molar-refractivity contribution < 1.29 is 4.52 Å². The van der Waals surface area contributed by atoms with E-state index in [2.05, 4.69) is 57.5 Å². The third-order valence-electron chi connectivity index (χ3n) is 5.13. The van der Waals surface area contributed by atoms with Crippen LogP contribution < -0.4 is 0 Å². The third-order valence-corrected chi connectivity index (χ3v) is 6.19. The maximum Gasteiger partial charge on any atom is 0.267 e. The Bertz CT molecular complexity index is 819. The molecule has 27 heavy (non-hydrogen) atoms. The van der Waals surface area contributed by atoms with Crippen molar-refractivity contribution in [2.75, 3.05) is 13.1 Å². The molecule has 4 rings (SSSR count). The van der Waals surface area contributed by atoms with E-state index in [0.29, 0.717) is 5.89 Å². The minimum absolute atomic E-state index is 0.664. The van der Waals surface area contributed by atoms with Crippen LogP contribution in [0.4, 0.5) is 0 Å². The van der Waals surface area contributed by atoms with Crippen LogP contribution in [-0.2, 0) is 19.4 Å². The molecule has 0 unspecified atom stereocenters. The first kappa shape index (κ1) is 18.4. The lowest BCUT2D eigenvalue weighted by atomic mass is 10.1. The number of likely N-dealkylation sites (tertiary alicyclic amines) is 1. The summed E-state index contributed by atoms with van der Waals surface area (Å²) in [6.45, 7) is 3.49. The Kier molecular flexibility index (Phi) is 6.32. The average Bonchev–Trinajstić information content (AvgIpc) is 3.27. The molecule has 142 valence electrons. The fourth-order valence-corrected chi connectivity index (χ4v) is 4.62. The van der Waals surface area contributed by atoms with Crippen molar-refractivity contribution in [2.45, 2.75) is 51.5 Å². The van der Waals surface area contributed by atoms with Gasteiger partial charge in [0.25, 0.3) is 5.89 Å². The van der Waals surface area contributed by atoms with Gasteiger partial charge in [-0.05, 0) is 56.5 Å². The molecule has 3 aromatic rings. The van der Waals surface area contributed by atoms with Crippen LogP contribution in [0.1, 0.15) is 48.4 Å². The fraction of sp³-hybridized carbons (Fsp3) is 0.455. The second kappa shape index (κ2) is 9.29. The Hall–Kier alpha value is -1.98. The number of hydrogen-bond acceptors (Lipinski definition) is 5. The van der Waals surface area contributed by atoms with Gasteiger partial charge < -0.3 is 4.52 Å². The van der Waals surface area contributed by atoms with Crippen LogP contribution in [0.25, 0.3) is 10.8 Å². The normalized spacial score (nSPS) is 15.7. The molecule has 0 saturated carbocycles. The highest BCUT2D eigenvalue weighted by Gasteiger charge is 2.14. The van der Waals surface area contributed by atoms with E-state index in [9.17, 15) is 0 Å². The monoisotopic (exact) mass is 381 g/mol. The zero-order valence-corrected chi connectivity index (χ0v) is 16.6. The molecule has 1 fully saturated rings. The number of rotatable bonds is 7. The molecular weight excluding hydrogens is 354 g/mol. The summed E-state index contributed by atoms with van der Waals surface area (Å²) in [5, 5.41) is 4.17. The summed E-state index contributed by atoms with van der Waals surface area (Å²) in [6, 6.07) is 14.9. The van der Waals surface area contributed by atoms with E-state index in [4.69, 9.17) is 4.52 Å². The van der Waals surface area contributed by atoms with Crippen molar-refractivity contribution >= 4 is 11.3 Å². The molecule has 1 aliphatic heterocycles. The molecule has 0 radical (unpaired) electrons. The van der Waals surface area contributed by atoms with Crippen LogP contribution >= 0.6 is 11.3 Å². The molecule has 1 saturated heterocycles. The molecule has 1 aliphatic rings. The Labute approximate surface area is 165 Å². The SMILES string of the molecule is c1ccc(CCCc2noc(-c3ccc(CN4CCCCCC4)s3)n2)cc1. The molecule has 2 aromatic heterocycles. The lowest BCUT2D eigenvalue weighted by molar-refractivity contribution is 0.279. The molecule has 3 heterocycles. The second-order valence-corrected chi connectivity index (χ2v) is 8.48. The van der Waals surface area contributed by atoms with Crippen molar-refractivity contribution in [3.8, 4) is 10.8 Å². The molecule has 0 atom stereocenters. The number of benzene rings is 1. The summed E-state index contributed by atoms with van der Waals surface area (Å²) in [7, 11) is 0. The quantitative estimate of drug-likeness (QED) is 0.553. The second-order valence-electron chi connectivity index (χ2n) is 7.31. The number of hydrogen-bond donors (Lipinski definition) is 0. The van der Waals surface area contributed by atoms with Gasteiger partial charge in [0, 0.05) is 17.8 Å². The van der Waals surface area contributed by atoms with Crippen molar-refractivity contribution in [3.63, 3.8) is 0 Å². The van der Waals surface area contributed by atoms with Gasteiger partial charge in [-0.15, -0.1) is 11.3 Å². The zero-order valence-electron chi connectivity index (χ0n) is 15.8. The molecule has 4 nitrogen and oxygen atoms in total. The number of aromatic nitrogens is 2. The molecule has 0 aliphatic carbocycles. The summed E-state index contributed by atoms with van der Waals surface area (Å²) in [5.41, 5.74) is 1.36. The summed E-state index contributed by atoms with van der Waals surface area (Å²) in [4.78, 5) is 9.65. The van der Waals surface area contributed by atoms with Gasteiger partial charge in [-0.3, -0.25) is 4.90 Å².